The molecule has 144 valence electrons. The van der Waals surface area contributed by atoms with E-state index in [2.05, 4.69) is 0 Å². The van der Waals surface area contributed by atoms with Crippen molar-refractivity contribution in [2.45, 2.75) is 25.4 Å². The zero-order chi connectivity index (χ0) is 19.3. The highest BCUT2D eigenvalue weighted by molar-refractivity contribution is 5.54. The SMILES string of the molecule is N[C@@H]1c2cc(OCc3ccccc3)cc(OCc3ccccc3)c2OC[C@@H]1O. The lowest BCUT2D eigenvalue weighted by molar-refractivity contribution is 0.0648. The first-order valence-corrected chi connectivity index (χ1v) is 9.28. The number of benzene rings is 3. The van der Waals surface area contributed by atoms with Crippen molar-refractivity contribution in [2.75, 3.05) is 6.61 Å². The molecule has 1 aliphatic rings. The van der Waals surface area contributed by atoms with Crippen LogP contribution in [0.25, 0.3) is 0 Å². The standard InChI is InChI=1S/C23H23NO4/c24-22-19-11-18(26-13-16-7-3-1-4-8-16)12-21(23(19)28-15-20(22)25)27-14-17-9-5-2-6-10-17/h1-12,20,22,25H,13-15,24H2/t20-,22+/m0/s1. The maximum Gasteiger partial charge on any atom is 0.166 e. The van der Waals surface area contributed by atoms with Crippen LogP contribution in [0.3, 0.4) is 0 Å². The highest BCUT2D eigenvalue weighted by Gasteiger charge is 2.30. The smallest absolute Gasteiger partial charge is 0.166 e. The van der Waals surface area contributed by atoms with Gasteiger partial charge in [0.2, 0.25) is 0 Å². The second kappa shape index (κ2) is 8.33. The Hall–Kier alpha value is -3.02. The van der Waals surface area contributed by atoms with Crippen LogP contribution in [0, 0.1) is 0 Å². The molecule has 3 aromatic rings. The van der Waals surface area contributed by atoms with Gasteiger partial charge in [0.05, 0.1) is 6.04 Å². The lowest BCUT2D eigenvalue weighted by atomic mass is 9.98. The highest BCUT2D eigenvalue weighted by atomic mass is 16.5. The third-order valence-corrected chi connectivity index (χ3v) is 4.71. The summed E-state index contributed by atoms with van der Waals surface area (Å²) >= 11 is 0. The van der Waals surface area contributed by atoms with Crippen LogP contribution in [0.4, 0.5) is 0 Å². The third-order valence-electron chi connectivity index (χ3n) is 4.71. The van der Waals surface area contributed by atoms with E-state index in [1.165, 1.54) is 0 Å². The summed E-state index contributed by atoms with van der Waals surface area (Å²) in [6.45, 7) is 0.965. The topological polar surface area (TPSA) is 73.9 Å². The van der Waals surface area contributed by atoms with Gasteiger partial charge in [-0.1, -0.05) is 60.7 Å². The molecule has 5 nitrogen and oxygen atoms in total. The van der Waals surface area contributed by atoms with Gasteiger partial charge in [-0.2, -0.15) is 0 Å². The number of aliphatic hydroxyl groups excluding tert-OH is 1. The van der Waals surface area contributed by atoms with Gasteiger partial charge in [-0.05, 0) is 17.2 Å². The molecule has 0 radical (unpaired) electrons. The summed E-state index contributed by atoms with van der Waals surface area (Å²) in [7, 11) is 0. The van der Waals surface area contributed by atoms with E-state index in [9.17, 15) is 5.11 Å². The predicted octanol–water partition coefficient (Wildman–Crippen LogP) is 3.60. The monoisotopic (exact) mass is 377 g/mol. The minimum atomic E-state index is -0.765. The van der Waals surface area contributed by atoms with Crippen LogP contribution in [-0.2, 0) is 13.2 Å². The van der Waals surface area contributed by atoms with Gasteiger partial charge in [-0.25, -0.2) is 0 Å². The van der Waals surface area contributed by atoms with Crippen LogP contribution in [0.5, 0.6) is 17.2 Å². The van der Waals surface area contributed by atoms with Crippen molar-refractivity contribution < 1.29 is 19.3 Å². The number of nitrogens with two attached hydrogens (primary N) is 1. The fourth-order valence-corrected chi connectivity index (χ4v) is 3.15. The second-order valence-corrected chi connectivity index (χ2v) is 6.79. The van der Waals surface area contributed by atoms with Gasteiger partial charge in [0, 0.05) is 11.6 Å². The molecule has 0 spiro atoms. The summed E-state index contributed by atoms with van der Waals surface area (Å²) in [4.78, 5) is 0. The molecule has 0 saturated carbocycles. The molecule has 0 amide bonds. The van der Waals surface area contributed by atoms with Crippen molar-refractivity contribution in [1.29, 1.82) is 0 Å². The maximum atomic E-state index is 10.1. The van der Waals surface area contributed by atoms with Gasteiger partial charge in [0.1, 0.15) is 31.7 Å². The molecule has 3 aromatic carbocycles. The molecular weight excluding hydrogens is 354 g/mol. The fraction of sp³-hybridized carbons (Fsp3) is 0.217. The van der Waals surface area contributed by atoms with Gasteiger partial charge in [0.25, 0.3) is 0 Å². The zero-order valence-electron chi connectivity index (χ0n) is 15.5. The van der Waals surface area contributed by atoms with Gasteiger partial charge >= 0.3 is 0 Å². The van der Waals surface area contributed by atoms with Crippen LogP contribution >= 0.6 is 0 Å². The average Bonchev–Trinajstić information content (AvgIpc) is 2.75. The molecule has 28 heavy (non-hydrogen) atoms. The molecule has 3 N–H and O–H groups in total. The van der Waals surface area contributed by atoms with Crippen LogP contribution < -0.4 is 19.9 Å². The molecule has 1 aliphatic heterocycles. The third kappa shape index (κ3) is 4.11. The number of hydrogen-bond acceptors (Lipinski definition) is 5. The van der Waals surface area contributed by atoms with Crippen molar-refractivity contribution in [2.24, 2.45) is 5.73 Å². The minimum absolute atomic E-state index is 0.139. The number of fused-ring (bicyclic) bond motifs is 1. The molecule has 0 saturated heterocycles. The molecule has 1 heterocycles. The normalized spacial score (nSPS) is 18.1. The Kier molecular flexibility index (Phi) is 5.46. The average molecular weight is 377 g/mol. The largest absolute Gasteiger partial charge is 0.489 e. The van der Waals surface area contributed by atoms with Crippen molar-refractivity contribution >= 4 is 0 Å². The molecule has 0 bridgehead atoms. The first-order chi connectivity index (χ1) is 13.7. The first kappa shape index (κ1) is 18.3. The van der Waals surface area contributed by atoms with E-state index < -0.39 is 12.1 Å². The van der Waals surface area contributed by atoms with E-state index in [0.29, 0.717) is 36.0 Å². The predicted molar refractivity (Wildman–Crippen MR) is 106 cm³/mol. The van der Waals surface area contributed by atoms with E-state index in [1.807, 2.05) is 72.8 Å². The zero-order valence-corrected chi connectivity index (χ0v) is 15.5. The number of hydrogen-bond donors (Lipinski definition) is 2. The van der Waals surface area contributed by atoms with E-state index in [-0.39, 0.29) is 6.61 Å². The Morgan fingerprint density at radius 1 is 0.893 bits per heavy atom. The molecule has 0 unspecified atom stereocenters. The first-order valence-electron chi connectivity index (χ1n) is 9.28. The van der Waals surface area contributed by atoms with Crippen LogP contribution in [-0.4, -0.2) is 17.8 Å². The van der Waals surface area contributed by atoms with E-state index in [4.69, 9.17) is 19.9 Å². The Morgan fingerprint density at radius 2 is 1.50 bits per heavy atom. The van der Waals surface area contributed by atoms with Gasteiger partial charge < -0.3 is 25.1 Å². The van der Waals surface area contributed by atoms with Crippen molar-refractivity contribution in [3.63, 3.8) is 0 Å². The molecule has 0 fully saturated rings. The second-order valence-electron chi connectivity index (χ2n) is 6.79. The Labute approximate surface area is 164 Å². The number of ether oxygens (including phenoxy) is 3. The summed E-state index contributed by atoms with van der Waals surface area (Å²) < 4.78 is 17.7. The van der Waals surface area contributed by atoms with Crippen LogP contribution in [0.2, 0.25) is 0 Å². The van der Waals surface area contributed by atoms with Crippen LogP contribution in [0.1, 0.15) is 22.7 Å². The van der Waals surface area contributed by atoms with Crippen LogP contribution in [0.15, 0.2) is 72.8 Å². The molecule has 2 atom stereocenters. The lowest BCUT2D eigenvalue weighted by Gasteiger charge is -2.29. The molecule has 5 heteroatoms. The van der Waals surface area contributed by atoms with E-state index in [1.54, 1.807) is 0 Å². The highest BCUT2D eigenvalue weighted by Crippen LogP contribution is 2.42. The summed E-state index contributed by atoms with van der Waals surface area (Å²) in [5.74, 6) is 1.76. The van der Waals surface area contributed by atoms with Crippen molar-refractivity contribution in [3.8, 4) is 17.2 Å². The van der Waals surface area contributed by atoms with Gasteiger partial charge in [-0.3, -0.25) is 0 Å². The van der Waals surface area contributed by atoms with Crippen molar-refractivity contribution in [3.05, 3.63) is 89.5 Å². The van der Waals surface area contributed by atoms with Gasteiger partial charge in [0.15, 0.2) is 11.5 Å². The Morgan fingerprint density at radius 3 is 2.14 bits per heavy atom. The summed E-state index contributed by atoms with van der Waals surface area (Å²) in [6, 6.07) is 22.9. The maximum absolute atomic E-state index is 10.1. The molecule has 0 aliphatic carbocycles. The van der Waals surface area contributed by atoms with Gasteiger partial charge in [-0.15, -0.1) is 0 Å². The molecule has 0 aromatic heterocycles. The fourth-order valence-electron chi connectivity index (χ4n) is 3.15. The summed E-state index contributed by atoms with van der Waals surface area (Å²) in [5, 5.41) is 10.1. The van der Waals surface area contributed by atoms with E-state index >= 15 is 0 Å². The summed E-state index contributed by atoms with van der Waals surface area (Å²) in [5.41, 5.74) is 9.00. The summed E-state index contributed by atoms with van der Waals surface area (Å²) in [6.07, 6.45) is -0.765. The Bertz CT molecular complexity index is 915. The lowest BCUT2D eigenvalue weighted by Crippen LogP contribution is -2.35. The van der Waals surface area contributed by atoms with Crippen molar-refractivity contribution in [1.82, 2.24) is 0 Å². The Balaban J connectivity index is 1.59. The van der Waals surface area contributed by atoms with E-state index in [0.717, 1.165) is 11.1 Å². The number of rotatable bonds is 6. The molecular formula is C23H23NO4. The number of aliphatic hydroxyl groups is 1. The quantitative estimate of drug-likeness (QED) is 0.687. The minimum Gasteiger partial charge on any atom is -0.489 e. The molecule has 4 rings (SSSR count).